The van der Waals surface area contributed by atoms with Crippen LogP contribution in [0, 0.1) is 18.4 Å². The highest BCUT2D eigenvalue weighted by Gasteiger charge is 2.51. The quantitative estimate of drug-likeness (QED) is 0.233. The summed E-state index contributed by atoms with van der Waals surface area (Å²) in [6, 6.07) is 0. The summed E-state index contributed by atoms with van der Waals surface area (Å²) in [6.07, 6.45) is 12.4. The number of aromatic nitrogens is 4. The van der Waals surface area contributed by atoms with Crippen LogP contribution in [0.2, 0.25) is 0 Å². The van der Waals surface area contributed by atoms with Crippen LogP contribution in [-0.4, -0.2) is 48.9 Å². The van der Waals surface area contributed by atoms with Crippen molar-refractivity contribution in [3.63, 3.8) is 0 Å². The molecule has 2 aromatic heterocycles. The summed E-state index contributed by atoms with van der Waals surface area (Å²) in [5.74, 6) is 1.93. The average molecular weight is 448 g/mol. The molecule has 0 radical (unpaired) electrons. The number of terminal acetylenes is 1. The Balaban J connectivity index is 1.64. The minimum Gasteiger partial charge on any atom is -0.458 e. The van der Waals surface area contributed by atoms with Gasteiger partial charge in [-0.3, -0.25) is 9.36 Å². The molecule has 3 rings (SSSR count). The summed E-state index contributed by atoms with van der Waals surface area (Å²) in [4.78, 5) is 23.7. The number of unbranched alkanes of at least 4 members (excludes halogenated alkanes) is 6. The fourth-order valence-electron chi connectivity index (χ4n) is 3.93. The van der Waals surface area contributed by atoms with Crippen LogP contribution in [0.15, 0.2) is 6.33 Å². The van der Waals surface area contributed by atoms with Crippen molar-refractivity contribution in [3.8, 4) is 12.3 Å². The summed E-state index contributed by atoms with van der Waals surface area (Å²) in [5, 5.41) is 9.94. The molecule has 2 aromatic rings. The van der Waals surface area contributed by atoms with Crippen LogP contribution in [0.3, 0.4) is 0 Å². The second-order valence-electron chi connectivity index (χ2n) is 8.05. The molecule has 0 spiro atoms. The molecule has 0 aliphatic carbocycles. The third-order valence-corrected chi connectivity index (χ3v) is 5.75. The van der Waals surface area contributed by atoms with E-state index in [1.165, 1.54) is 36.6 Å². The van der Waals surface area contributed by atoms with Crippen molar-refractivity contribution < 1.29 is 23.8 Å². The molecular formula is C22H30FN5O4. The third kappa shape index (κ3) is 5.16. The minimum absolute atomic E-state index is 0.104. The number of hydrogen-bond donors (Lipinski definition) is 2. The Morgan fingerprint density at radius 2 is 2.09 bits per heavy atom. The maximum Gasteiger partial charge on any atom is 0.312 e. The number of carbonyl (C=O) groups excluding carboxylic acids is 1. The monoisotopic (exact) mass is 447 g/mol. The Hall–Kier alpha value is -2.77. The number of nitrogens with zero attached hydrogens (tertiary/aromatic N) is 4. The molecule has 1 saturated heterocycles. The van der Waals surface area contributed by atoms with Gasteiger partial charge in [0.15, 0.2) is 22.6 Å². The predicted octanol–water partition coefficient (Wildman–Crippen LogP) is 2.88. The Kier molecular flexibility index (Phi) is 7.99. The Morgan fingerprint density at radius 1 is 1.38 bits per heavy atom. The number of aliphatic hydroxyl groups is 1. The van der Waals surface area contributed by atoms with Crippen molar-refractivity contribution in [2.45, 2.75) is 82.6 Å². The number of rotatable bonds is 11. The topological polar surface area (TPSA) is 125 Å². The zero-order valence-electron chi connectivity index (χ0n) is 18.3. The normalized spacial score (nSPS) is 22.8. The fraction of sp³-hybridized carbons (Fsp3) is 0.636. The standard InChI is InChI=1S/C22H30FN5O4/c1-3-5-6-7-8-9-10-11-17(30)31-15-12-16(32-22(15,4-2)13-29)28-14-25-18-19(24)26-21(23)27-20(18)28/h2,14-16,29H,3,5-13H2,1H3,(H2,24,26,27)/t15-,16+,22+/m0/s1. The summed E-state index contributed by atoms with van der Waals surface area (Å²) >= 11 is 0. The van der Waals surface area contributed by atoms with Gasteiger partial charge in [0.2, 0.25) is 0 Å². The average Bonchev–Trinajstić information content (AvgIpc) is 3.35. The molecule has 1 aliphatic heterocycles. The van der Waals surface area contributed by atoms with E-state index < -0.39 is 36.6 Å². The molecule has 32 heavy (non-hydrogen) atoms. The van der Waals surface area contributed by atoms with E-state index in [4.69, 9.17) is 21.6 Å². The van der Waals surface area contributed by atoms with E-state index in [2.05, 4.69) is 27.8 Å². The summed E-state index contributed by atoms with van der Waals surface area (Å²) < 4.78 is 26.7. The molecule has 1 aliphatic rings. The van der Waals surface area contributed by atoms with Gasteiger partial charge in [-0.25, -0.2) is 4.98 Å². The maximum atomic E-state index is 13.7. The molecule has 3 heterocycles. The first-order valence-electron chi connectivity index (χ1n) is 11.1. The SMILES string of the molecule is C#C[C@]1(CO)O[C@@H](n2cnc3c(N)nc(F)nc32)C[C@@H]1OC(=O)CCCCCCCCC. The molecule has 0 bridgehead atoms. The third-order valence-electron chi connectivity index (χ3n) is 5.75. The molecule has 10 heteroatoms. The van der Waals surface area contributed by atoms with Gasteiger partial charge in [-0.2, -0.15) is 14.4 Å². The predicted molar refractivity (Wildman–Crippen MR) is 116 cm³/mol. The minimum atomic E-state index is -1.52. The number of carbonyl (C=O) groups is 1. The highest BCUT2D eigenvalue weighted by molar-refractivity contribution is 5.81. The molecule has 9 nitrogen and oxygen atoms in total. The summed E-state index contributed by atoms with van der Waals surface area (Å²) in [5.41, 5.74) is 4.53. The van der Waals surface area contributed by atoms with Crippen LogP contribution in [0.1, 0.15) is 70.9 Å². The van der Waals surface area contributed by atoms with Crippen LogP contribution in [0.5, 0.6) is 0 Å². The lowest BCUT2D eigenvalue weighted by molar-refractivity contribution is -0.158. The molecule has 0 amide bonds. The molecule has 3 atom stereocenters. The number of nitrogens with two attached hydrogens (primary N) is 1. The van der Waals surface area contributed by atoms with Crippen molar-refractivity contribution in [3.05, 3.63) is 12.4 Å². The number of ether oxygens (including phenoxy) is 2. The smallest absolute Gasteiger partial charge is 0.312 e. The van der Waals surface area contributed by atoms with Gasteiger partial charge in [-0.15, -0.1) is 6.42 Å². The van der Waals surface area contributed by atoms with Gasteiger partial charge in [0, 0.05) is 12.8 Å². The number of anilines is 1. The van der Waals surface area contributed by atoms with E-state index in [9.17, 15) is 14.3 Å². The molecule has 1 fully saturated rings. The van der Waals surface area contributed by atoms with Gasteiger partial charge in [-0.1, -0.05) is 51.4 Å². The van der Waals surface area contributed by atoms with Gasteiger partial charge in [0.05, 0.1) is 12.9 Å². The van der Waals surface area contributed by atoms with E-state index in [1.54, 1.807) is 0 Å². The molecular weight excluding hydrogens is 417 g/mol. The number of nitrogen functional groups attached to an aromatic ring is 1. The van der Waals surface area contributed by atoms with E-state index in [0.717, 1.165) is 19.3 Å². The second-order valence-corrected chi connectivity index (χ2v) is 8.05. The highest BCUT2D eigenvalue weighted by Crippen LogP contribution is 2.39. The van der Waals surface area contributed by atoms with Gasteiger partial charge in [0.1, 0.15) is 12.3 Å². The Labute approximate surface area is 186 Å². The number of imidazole rings is 1. The van der Waals surface area contributed by atoms with Crippen molar-refractivity contribution in [2.75, 3.05) is 12.3 Å². The van der Waals surface area contributed by atoms with Gasteiger partial charge < -0.3 is 20.3 Å². The van der Waals surface area contributed by atoms with Crippen molar-refractivity contribution >= 4 is 23.0 Å². The molecule has 0 saturated carbocycles. The van der Waals surface area contributed by atoms with E-state index >= 15 is 0 Å². The largest absolute Gasteiger partial charge is 0.458 e. The van der Waals surface area contributed by atoms with Crippen LogP contribution in [0.4, 0.5) is 10.2 Å². The van der Waals surface area contributed by atoms with Gasteiger partial charge >= 0.3 is 12.0 Å². The maximum absolute atomic E-state index is 13.7. The van der Waals surface area contributed by atoms with Crippen molar-refractivity contribution in [1.29, 1.82) is 0 Å². The first-order chi connectivity index (χ1) is 15.4. The van der Waals surface area contributed by atoms with Crippen LogP contribution >= 0.6 is 0 Å². The molecule has 3 N–H and O–H groups in total. The zero-order chi connectivity index (χ0) is 23.1. The Bertz CT molecular complexity index is 975. The highest BCUT2D eigenvalue weighted by atomic mass is 19.1. The molecule has 0 unspecified atom stereocenters. The number of aliphatic hydroxyl groups excluding tert-OH is 1. The van der Waals surface area contributed by atoms with Crippen molar-refractivity contribution in [2.24, 2.45) is 0 Å². The van der Waals surface area contributed by atoms with Gasteiger partial charge in [-0.05, 0) is 6.42 Å². The van der Waals surface area contributed by atoms with Crippen LogP contribution in [-0.2, 0) is 14.3 Å². The number of hydrogen-bond acceptors (Lipinski definition) is 8. The second kappa shape index (κ2) is 10.7. The fourth-order valence-corrected chi connectivity index (χ4v) is 3.93. The van der Waals surface area contributed by atoms with Crippen LogP contribution < -0.4 is 5.73 Å². The summed E-state index contributed by atoms with van der Waals surface area (Å²) in [7, 11) is 0. The number of fused-ring (bicyclic) bond motifs is 1. The lowest BCUT2D eigenvalue weighted by Crippen LogP contribution is -2.44. The first kappa shape index (κ1) is 23.9. The lowest BCUT2D eigenvalue weighted by Gasteiger charge is -2.26. The van der Waals surface area contributed by atoms with Crippen LogP contribution in [0.25, 0.3) is 11.2 Å². The summed E-state index contributed by atoms with van der Waals surface area (Å²) in [6.45, 7) is 1.63. The first-order valence-corrected chi connectivity index (χ1v) is 11.1. The number of esters is 1. The van der Waals surface area contributed by atoms with E-state index in [1.807, 2.05) is 0 Å². The number of halogens is 1. The molecule has 174 valence electrons. The van der Waals surface area contributed by atoms with Gasteiger partial charge in [0.25, 0.3) is 0 Å². The Morgan fingerprint density at radius 3 is 2.78 bits per heavy atom. The van der Waals surface area contributed by atoms with E-state index in [0.29, 0.717) is 0 Å². The van der Waals surface area contributed by atoms with E-state index in [-0.39, 0.29) is 29.8 Å². The molecule has 0 aromatic carbocycles. The van der Waals surface area contributed by atoms with Crippen molar-refractivity contribution in [1.82, 2.24) is 19.5 Å². The lowest BCUT2D eigenvalue weighted by atomic mass is 9.98. The zero-order valence-corrected chi connectivity index (χ0v) is 18.3.